The predicted octanol–water partition coefficient (Wildman–Crippen LogP) is 0.500. The van der Waals surface area contributed by atoms with Crippen molar-refractivity contribution >= 4 is 17.6 Å². The number of halogens is 2. The van der Waals surface area contributed by atoms with Crippen molar-refractivity contribution in [2.75, 3.05) is 26.7 Å². The number of ketones is 1. The van der Waals surface area contributed by atoms with Crippen LogP contribution in [-0.2, 0) is 9.53 Å². The molecule has 0 saturated carbocycles. The molecule has 0 heterocycles. The van der Waals surface area contributed by atoms with Crippen molar-refractivity contribution in [3.05, 3.63) is 46.7 Å². The van der Waals surface area contributed by atoms with E-state index < -0.39 is 35.6 Å². The summed E-state index contributed by atoms with van der Waals surface area (Å²) in [7, 11) is 1.72. The maximum Gasteiger partial charge on any atom is 0.344 e. The normalized spacial score (nSPS) is 12.6. The van der Waals surface area contributed by atoms with Gasteiger partial charge in [0.15, 0.2) is 6.61 Å². The molecule has 0 unspecified atom stereocenters. The summed E-state index contributed by atoms with van der Waals surface area (Å²) in [4.78, 5) is 27.9. The van der Waals surface area contributed by atoms with Crippen molar-refractivity contribution in [3.63, 3.8) is 0 Å². The second kappa shape index (κ2) is 9.48. The average Bonchev–Trinajstić information content (AvgIpc) is 2.52. The number of nitrogens with one attached hydrogen (secondary N) is 1. The Morgan fingerprint density at radius 1 is 1.24 bits per heavy atom. The van der Waals surface area contributed by atoms with Crippen LogP contribution in [0.25, 0.3) is 0 Å². The highest BCUT2D eigenvalue weighted by Crippen LogP contribution is 2.13. The summed E-state index contributed by atoms with van der Waals surface area (Å²) in [6.07, 6.45) is 0. The van der Waals surface area contributed by atoms with Gasteiger partial charge in [-0.3, -0.25) is 9.79 Å². The fraction of sp³-hybridized carbons (Fsp3) is 0.312. The van der Waals surface area contributed by atoms with Gasteiger partial charge in [-0.25, -0.2) is 13.6 Å². The van der Waals surface area contributed by atoms with Gasteiger partial charge in [0, 0.05) is 12.2 Å². The standard InChI is InChI=1S/C16H20F2N4O3/c1-9(19)13(15(20)22-7-6-21-2)16(24)25-8-12(23)14-10(17)4-3-5-11(14)18/h3-5,21H,6-8,19H2,1-2H3,(H2,20,22)/b13-9+. The molecule has 0 bridgehead atoms. The van der Waals surface area contributed by atoms with Gasteiger partial charge in [0.25, 0.3) is 0 Å². The van der Waals surface area contributed by atoms with Gasteiger partial charge >= 0.3 is 5.97 Å². The Balaban J connectivity index is 2.84. The van der Waals surface area contributed by atoms with Crippen LogP contribution >= 0.6 is 0 Å². The zero-order valence-electron chi connectivity index (χ0n) is 13.9. The lowest BCUT2D eigenvalue weighted by Gasteiger charge is -2.10. The highest BCUT2D eigenvalue weighted by Gasteiger charge is 2.22. The highest BCUT2D eigenvalue weighted by molar-refractivity contribution is 6.19. The van der Waals surface area contributed by atoms with Gasteiger partial charge in [0.2, 0.25) is 5.78 Å². The molecule has 0 amide bonds. The third-order valence-corrected chi connectivity index (χ3v) is 3.07. The molecule has 1 rings (SSSR count). The number of aliphatic imine (C=N–C) groups is 1. The number of Topliss-reactive ketones (excluding diaryl/α,β-unsaturated/α-hetero) is 1. The number of nitrogens with zero attached hydrogens (tertiary/aromatic N) is 1. The van der Waals surface area contributed by atoms with E-state index in [9.17, 15) is 18.4 Å². The molecule has 25 heavy (non-hydrogen) atoms. The fourth-order valence-electron chi connectivity index (χ4n) is 1.87. The van der Waals surface area contributed by atoms with Crippen molar-refractivity contribution in [2.45, 2.75) is 6.92 Å². The second-order valence-electron chi connectivity index (χ2n) is 5.02. The smallest absolute Gasteiger partial charge is 0.344 e. The molecule has 7 nitrogen and oxygen atoms in total. The molecule has 0 radical (unpaired) electrons. The molecule has 0 aromatic heterocycles. The van der Waals surface area contributed by atoms with Crippen LogP contribution in [0, 0.1) is 11.6 Å². The minimum atomic E-state index is -1.04. The first-order valence-corrected chi connectivity index (χ1v) is 7.35. The molecule has 0 aliphatic heterocycles. The lowest BCUT2D eigenvalue weighted by atomic mass is 10.1. The van der Waals surface area contributed by atoms with E-state index in [0.29, 0.717) is 13.1 Å². The molecular weight excluding hydrogens is 334 g/mol. The van der Waals surface area contributed by atoms with E-state index >= 15 is 0 Å². The molecule has 0 atom stereocenters. The van der Waals surface area contributed by atoms with Crippen LogP contribution in [0.1, 0.15) is 17.3 Å². The first-order valence-electron chi connectivity index (χ1n) is 7.35. The van der Waals surface area contributed by atoms with E-state index in [1.165, 1.54) is 6.92 Å². The summed E-state index contributed by atoms with van der Waals surface area (Å²) < 4.78 is 31.9. The number of nitrogens with two attached hydrogens (primary N) is 2. The topological polar surface area (TPSA) is 120 Å². The van der Waals surface area contributed by atoms with Crippen LogP contribution in [0.5, 0.6) is 0 Å². The summed E-state index contributed by atoms with van der Waals surface area (Å²) in [6, 6.07) is 2.98. The van der Waals surface area contributed by atoms with Crippen LogP contribution in [0.4, 0.5) is 8.78 Å². The minimum Gasteiger partial charge on any atom is -0.454 e. The molecule has 0 aliphatic rings. The average molecular weight is 354 g/mol. The summed E-state index contributed by atoms with van der Waals surface area (Å²) in [5, 5.41) is 2.85. The second-order valence-corrected chi connectivity index (χ2v) is 5.02. The number of hydrogen-bond donors (Lipinski definition) is 3. The SMILES string of the molecule is CNCCN=C(N)/C(C(=O)OCC(=O)c1c(F)cccc1F)=C(/C)N. The molecule has 136 valence electrons. The third kappa shape index (κ3) is 5.64. The first-order chi connectivity index (χ1) is 11.8. The largest absolute Gasteiger partial charge is 0.454 e. The summed E-state index contributed by atoms with van der Waals surface area (Å²) in [5.41, 5.74) is 10.4. The van der Waals surface area contributed by atoms with Crippen molar-refractivity contribution in [2.24, 2.45) is 16.5 Å². The van der Waals surface area contributed by atoms with Crippen molar-refractivity contribution < 1.29 is 23.1 Å². The van der Waals surface area contributed by atoms with Crippen LogP contribution in [0.15, 0.2) is 34.5 Å². The van der Waals surface area contributed by atoms with E-state index in [4.69, 9.17) is 16.2 Å². The number of allylic oxidation sites excluding steroid dienone is 1. The summed E-state index contributed by atoms with van der Waals surface area (Å²) in [6.45, 7) is 1.37. The number of ether oxygens (including phenoxy) is 1. The number of amidine groups is 1. The molecule has 0 fully saturated rings. The number of hydrogen-bond acceptors (Lipinski definition) is 6. The Morgan fingerprint density at radius 2 is 1.84 bits per heavy atom. The number of rotatable bonds is 8. The number of benzene rings is 1. The zero-order valence-corrected chi connectivity index (χ0v) is 13.9. The zero-order chi connectivity index (χ0) is 19.0. The van der Waals surface area contributed by atoms with Crippen LogP contribution in [-0.4, -0.2) is 44.3 Å². The van der Waals surface area contributed by atoms with Gasteiger partial charge < -0.3 is 21.5 Å². The van der Waals surface area contributed by atoms with Crippen molar-refractivity contribution in [1.29, 1.82) is 0 Å². The highest BCUT2D eigenvalue weighted by atomic mass is 19.1. The Kier molecular flexibility index (Phi) is 7.67. The lowest BCUT2D eigenvalue weighted by Crippen LogP contribution is -2.28. The molecule has 5 N–H and O–H groups in total. The van der Waals surface area contributed by atoms with Crippen LogP contribution in [0.3, 0.4) is 0 Å². The van der Waals surface area contributed by atoms with E-state index in [-0.39, 0.29) is 17.1 Å². The van der Waals surface area contributed by atoms with E-state index in [2.05, 4.69) is 10.3 Å². The summed E-state index contributed by atoms with van der Waals surface area (Å²) >= 11 is 0. The Labute approximate surface area is 143 Å². The maximum absolute atomic E-state index is 13.5. The molecule has 9 heteroatoms. The van der Waals surface area contributed by atoms with Gasteiger partial charge in [-0.05, 0) is 26.1 Å². The molecule has 0 saturated heterocycles. The van der Waals surface area contributed by atoms with Crippen molar-refractivity contribution in [3.8, 4) is 0 Å². The summed E-state index contributed by atoms with van der Waals surface area (Å²) in [5.74, 6) is -4.26. The quantitative estimate of drug-likeness (QED) is 0.156. The Morgan fingerprint density at radius 3 is 2.36 bits per heavy atom. The van der Waals surface area contributed by atoms with E-state index in [1.807, 2.05) is 0 Å². The van der Waals surface area contributed by atoms with Gasteiger partial charge in [-0.2, -0.15) is 0 Å². The number of likely N-dealkylation sites (N-methyl/N-ethyl adjacent to an activating group) is 1. The number of esters is 1. The van der Waals surface area contributed by atoms with Crippen LogP contribution in [0.2, 0.25) is 0 Å². The maximum atomic E-state index is 13.5. The monoisotopic (exact) mass is 354 g/mol. The molecular formula is C16H20F2N4O3. The van der Waals surface area contributed by atoms with Crippen LogP contribution < -0.4 is 16.8 Å². The van der Waals surface area contributed by atoms with Crippen molar-refractivity contribution in [1.82, 2.24) is 5.32 Å². The third-order valence-electron chi connectivity index (χ3n) is 3.07. The van der Waals surface area contributed by atoms with Gasteiger partial charge in [-0.15, -0.1) is 0 Å². The molecule has 1 aromatic carbocycles. The minimum absolute atomic E-state index is 0.0419. The Bertz CT molecular complexity index is 693. The van der Waals surface area contributed by atoms with Gasteiger partial charge in [0.05, 0.1) is 12.1 Å². The molecule has 0 spiro atoms. The molecule has 1 aromatic rings. The van der Waals surface area contributed by atoms with Gasteiger partial charge in [-0.1, -0.05) is 6.07 Å². The first kappa shape index (κ1) is 20.2. The fourth-order valence-corrected chi connectivity index (χ4v) is 1.87. The number of carbonyl (C=O) groups excluding carboxylic acids is 2. The molecule has 0 aliphatic carbocycles. The predicted molar refractivity (Wildman–Crippen MR) is 89.0 cm³/mol. The van der Waals surface area contributed by atoms with Gasteiger partial charge in [0.1, 0.15) is 23.0 Å². The van der Waals surface area contributed by atoms with E-state index in [0.717, 1.165) is 18.2 Å². The Hall–Kier alpha value is -2.81. The lowest BCUT2D eigenvalue weighted by molar-refractivity contribution is -0.137. The number of carbonyl (C=O) groups is 2. The van der Waals surface area contributed by atoms with E-state index in [1.54, 1.807) is 7.05 Å².